The van der Waals surface area contributed by atoms with E-state index in [0.717, 1.165) is 0 Å². The lowest BCUT2D eigenvalue weighted by atomic mass is 9.99. The highest BCUT2D eigenvalue weighted by atomic mass is 16.2. The third kappa shape index (κ3) is 2.64. The maximum atomic E-state index is 11.8. The molecule has 0 aliphatic carbocycles. The molecule has 2 rings (SSSR count). The van der Waals surface area contributed by atoms with E-state index in [9.17, 15) is 4.79 Å². The number of benzene rings is 1. The number of nitrogens with one attached hydrogen (secondary N) is 1. The lowest BCUT2D eigenvalue weighted by Gasteiger charge is -2.17. The third-order valence-corrected chi connectivity index (χ3v) is 3.31. The van der Waals surface area contributed by atoms with Gasteiger partial charge in [0.1, 0.15) is 0 Å². The molecule has 1 heterocycles. The summed E-state index contributed by atoms with van der Waals surface area (Å²) in [5.41, 5.74) is 9.39. The van der Waals surface area contributed by atoms with E-state index in [1.807, 2.05) is 6.92 Å². The minimum Gasteiger partial charge on any atom is -0.329 e. The third-order valence-electron chi connectivity index (χ3n) is 3.31. The number of aryl methyl sites for hydroxylation is 2. The van der Waals surface area contributed by atoms with Crippen LogP contribution in [0.4, 0.5) is 4.79 Å². The van der Waals surface area contributed by atoms with Gasteiger partial charge in [-0.3, -0.25) is 0 Å². The van der Waals surface area contributed by atoms with Crippen LogP contribution in [0.5, 0.6) is 0 Å². The van der Waals surface area contributed by atoms with Crippen LogP contribution in [0.1, 0.15) is 29.7 Å². The fourth-order valence-electron chi connectivity index (χ4n) is 2.41. The van der Waals surface area contributed by atoms with Gasteiger partial charge in [0.2, 0.25) is 0 Å². The Balaban J connectivity index is 2.16. The first-order chi connectivity index (χ1) is 8.47. The molecule has 0 spiro atoms. The van der Waals surface area contributed by atoms with Crippen LogP contribution in [0.15, 0.2) is 18.2 Å². The fraction of sp³-hybridized carbons (Fsp3) is 0.500. The molecule has 1 aromatic carbocycles. The van der Waals surface area contributed by atoms with E-state index in [1.54, 1.807) is 4.90 Å². The molecule has 3 N–H and O–H groups in total. The molecule has 2 unspecified atom stereocenters. The van der Waals surface area contributed by atoms with Crippen molar-refractivity contribution in [3.05, 3.63) is 34.9 Å². The molecule has 0 radical (unpaired) electrons. The molecule has 98 valence electrons. The predicted molar refractivity (Wildman–Crippen MR) is 72.4 cm³/mol. The number of carbonyl (C=O) groups excluding carboxylic acids is 1. The largest absolute Gasteiger partial charge is 0.329 e. The topological polar surface area (TPSA) is 58.4 Å². The first-order valence-electron chi connectivity index (χ1n) is 6.35. The van der Waals surface area contributed by atoms with Gasteiger partial charge in [0.05, 0.1) is 6.04 Å². The van der Waals surface area contributed by atoms with Crippen molar-refractivity contribution in [2.24, 2.45) is 5.73 Å². The van der Waals surface area contributed by atoms with Gasteiger partial charge in [-0.15, -0.1) is 0 Å². The highest BCUT2D eigenvalue weighted by Gasteiger charge is 2.30. The van der Waals surface area contributed by atoms with Crippen LogP contribution in [-0.2, 0) is 0 Å². The molecular weight excluding hydrogens is 226 g/mol. The molecule has 4 heteroatoms. The van der Waals surface area contributed by atoms with Crippen molar-refractivity contribution in [2.75, 3.05) is 13.1 Å². The first kappa shape index (κ1) is 12.9. The van der Waals surface area contributed by atoms with E-state index in [0.29, 0.717) is 13.1 Å². The Hall–Kier alpha value is -1.55. The molecule has 1 fully saturated rings. The molecule has 1 aliphatic heterocycles. The fourth-order valence-corrected chi connectivity index (χ4v) is 2.41. The van der Waals surface area contributed by atoms with Crippen LogP contribution in [0.25, 0.3) is 0 Å². The molecule has 0 saturated carbocycles. The van der Waals surface area contributed by atoms with Gasteiger partial charge in [0, 0.05) is 19.1 Å². The molecular formula is C14H21N3O. The Bertz CT molecular complexity index is 456. The summed E-state index contributed by atoms with van der Waals surface area (Å²) < 4.78 is 0. The smallest absolute Gasteiger partial charge is 0.318 e. The van der Waals surface area contributed by atoms with Gasteiger partial charge in [-0.25, -0.2) is 4.79 Å². The van der Waals surface area contributed by atoms with E-state index in [4.69, 9.17) is 5.73 Å². The Morgan fingerprint density at radius 1 is 1.50 bits per heavy atom. The number of carbonyl (C=O) groups is 1. The summed E-state index contributed by atoms with van der Waals surface area (Å²) in [5, 5.41) is 3.03. The molecule has 0 aromatic heterocycles. The summed E-state index contributed by atoms with van der Waals surface area (Å²) in [5.74, 6) is 0. The van der Waals surface area contributed by atoms with E-state index in [2.05, 4.69) is 37.4 Å². The van der Waals surface area contributed by atoms with Crippen molar-refractivity contribution in [1.82, 2.24) is 10.2 Å². The number of hydrogen-bond donors (Lipinski definition) is 2. The number of amides is 2. The first-order valence-corrected chi connectivity index (χ1v) is 6.35. The zero-order valence-electron chi connectivity index (χ0n) is 11.2. The standard InChI is InChI=1S/C14H21N3O/c1-9-4-5-10(2)12(6-9)13-8-17(7-11(3)15)14(18)16-13/h4-6,11,13H,7-8,15H2,1-3H3,(H,16,18). The number of hydrogen-bond acceptors (Lipinski definition) is 2. The molecule has 1 saturated heterocycles. The average Bonchev–Trinajstić information content (AvgIpc) is 2.63. The summed E-state index contributed by atoms with van der Waals surface area (Å²) >= 11 is 0. The van der Waals surface area contributed by atoms with Gasteiger partial charge in [0.15, 0.2) is 0 Å². The van der Waals surface area contributed by atoms with Gasteiger partial charge in [-0.2, -0.15) is 0 Å². The van der Waals surface area contributed by atoms with Crippen LogP contribution >= 0.6 is 0 Å². The summed E-state index contributed by atoms with van der Waals surface area (Å²) in [6, 6.07) is 6.42. The Morgan fingerprint density at radius 2 is 2.22 bits per heavy atom. The lowest BCUT2D eigenvalue weighted by molar-refractivity contribution is 0.215. The Morgan fingerprint density at radius 3 is 2.89 bits per heavy atom. The van der Waals surface area contributed by atoms with Crippen molar-refractivity contribution < 1.29 is 4.79 Å². The molecule has 18 heavy (non-hydrogen) atoms. The quantitative estimate of drug-likeness (QED) is 0.854. The summed E-state index contributed by atoms with van der Waals surface area (Å²) in [4.78, 5) is 13.6. The molecule has 2 amide bonds. The number of nitrogens with two attached hydrogens (primary N) is 1. The van der Waals surface area contributed by atoms with E-state index < -0.39 is 0 Å². The average molecular weight is 247 g/mol. The highest BCUT2D eigenvalue weighted by molar-refractivity contribution is 5.77. The van der Waals surface area contributed by atoms with Crippen molar-refractivity contribution in [1.29, 1.82) is 0 Å². The van der Waals surface area contributed by atoms with Gasteiger partial charge in [-0.05, 0) is 31.9 Å². The van der Waals surface area contributed by atoms with Gasteiger partial charge in [-0.1, -0.05) is 23.8 Å². The Labute approximate surface area is 108 Å². The van der Waals surface area contributed by atoms with Crippen LogP contribution in [0, 0.1) is 13.8 Å². The number of rotatable bonds is 3. The zero-order chi connectivity index (χ0) is 13.3. The maximum Gasteiger partial charge on any atom is 0.318 e. The second-order valence-corrected chi connectivity index (χ2v) is 5.24. The lowest BCUT2D eigenvalue weighted by Crippen LogP contribution is -2.37. The normalized spacial score (nSPS) is 21.0. The van der Waals surface area contributed by atoms with Crippen molar-refractivity contribution in [2.45, 2.75) is 32.9 Å². The van der Waals surface area contributed by atoms with Crippen LogP contribution < -0.4 is 11.1 Å². The maximum absolute atomic E-state index is 11.8. The second-order valence-electron chi connectivity index (χ2n) is 5.24. The minimum absolute atomic E-state index is 0.00751. The SMILES string of the molecule is Cc1ccc(C)c(C2CN(CC(C)N)C(=O)N2)c1. The molecule has 1 aliphatic rings. The zero-order valence-corrected chi connectivity index (χ0v) is 11.2. The van der Waals surface area contributed by atoms with E-state index in [-0.39, 0.29) is 18.1 Å². The van der Waals surface area contributed by atoms with E-state index >= 15 is 0 Å². The Kier molecular flexibility index (Phi) is 3.57. The van der Waals surface area contributed by atoms with Gasteiger partial charge < -0.3 is 16.0 Å². The van der Waals surface area contributed by atoms with Crippen LogP contribution in [-0.4, -0.2) is 30.1 Å². The highest BCUT2D eigenvalue weighted by Crippen LogP contribution is 2.24. The van der Waals surface area contributed by atoms with Crippen LogP contribution in [0.2, 0.25) is 0 Å². The number of urea groups is 1. The van der Waals surface area contributed by atoms with Crippen molar-refractivity contribution >= 4 is 6.03 Å². The molecule has 0 bridgehead atoms. The predicted octanol–water partition coefficient (Wildman–Crippen LogP) is 1.72. The summed E-state index contributed by atoms with van der Waals surface area (Å²) in [6.45, 7) is 7.37. The monoisotopic (exact) mass is 247 g/mol. The molecule has 2 atom stereocenters. The van der Waals surface area contributed by atoms with E-state index in [1.165, 1.54) is 16.7 Å². The van der Waals surface area contributed by atoms with Crippen molar-refractivity contribution in [3.8, 4) is 0 Å². The number of nitrogens with zero attached hydrogens (tertiary/aromatic N) is 1. The minimum atomic E-state index is -0.0155. The van der Waals surface area contributed by atoms with Crippen molar-refractivity contribution in [3.63, 3.8) is 0 Å². The summed E-state index contributed by atoms with van der Waals surface area (Å²) in [6.07, 6.45) is 0. The molecule has 4 nitrogen and oxygen atoms in total. The van der Waals surface area contributed by atoms with Gasteiger partial charge in [0.25, 0.3) is 0 Å². The molecule has 1 aromatic rings. The van der Waals surface area contributed by atoms with Crippen LogP contribution in [0.3, 0.4) is 0 Å². The van der Waals surface area contributed by atoms with Gasteiger partial charge >= 0.3 is 6.03 Å². The summed E-state index contributed by atoms with van der Waals surface area (Å²) in [7, 11) is 0. The second kappa shape index (κ2) is 4.98.